The Hall–Kier alpha value is -0.690. The molecule has 0 bridgehead atoms. The average Bonchev–Trinajstić information content (AvgIpc) is 2.17. The second-order valence-electron chi connectivity index (χ2n) is 3.91. The molecule has 1 aliphatic rings. The van der Waals surface area contributed by atoms with E-state index in [2.05, 4.69) is 17.2 Å². The van der Waals surface area contributed by atoms with E-state index in [1.54, 1.807) is 6.92 Å². The van der Waals surface area contributed by atoms with E-state index in [0.29, 0.717) is 13.0 Å². The van der Waals surface area contributed by atoms with Gasteiger partial charge >= 0.3 is 6.18 Å². The molecule has 1 rings (SSSR count). The Morgan fingerprint density at radius 3 is 2.67 bits per heavy atom. The largest absolute Gasteiger partial charge is 0.391 e. The maximum atomic E-state index is 12.4. The van der Waals surface area contributed by atoms with Crippen molar-refractivity contribution in [3.05, 3.63) is 0 Å². The summed E-state index contributed by atoms with van der Waals surface area (Å²) in [5.41, 5.74) is 0. The van der Waals surface area contributed by atoms with Gasteiger partial charge in [-0.05, 0) is 26.2 Å². The van der Waals surface area contributed by atoms with Crippen LogP contribution in [0.15, 0.2) is 0 Å². The summed E-state index contributed by atoms with van der Waals surface area (Å²) in [6.45, 7) is 2.22. The first-order valence-corrected chi connectivity index (χ1v) is 5.23. The van der Waals surface area contributed by atoms with Crippen LogP contribution in [0.2, 0.25) is 0 Å². The van der Waals surface area contributed by atoms with E-state index in [4.69, 9.17) is 0 Å². The average molecular weight is 219 g/mol. The molecule has 1 nitrogen and oxygen atoms in total. The molecule has 1 N–H and O–H groups in total. The number of alkyl halides is 3. The molecule has 2 atom stereocenters. The molecule has 2 unspecified atom stereocenters. The first kappa shape index (κ1) is 12.4. The maximum absolute atomic E-state index is 12.4. The SMILES string of the molecule is CC#CCNC1CCCC(C(F)(F)F)C1. The predicted octanol–water partition coefficient (Wildman–Crippen LogP) is 2.72. The highest BCUT2D eigenvalue weighted by molar-refractivity contribution is 4.98. The predicted molar refractivity (Wildman–Crippen MR) is 53.3 cm³/mol. The summed E-state index contributed by atoms with van der Waals surface area (Å²) in [6, 6.07) is -0.0220. The molecule has 0 heterocycles. The highest BCUT2D eigenvalue weighted by atomic mass is 19.4. The van der Waals surface area contributed by atoms with Crippen LogP contribution in [0.1, 0.15) is 32.6 Å². The summed E-state index contributed by atoms with van der Waals surface area (Å²) < 4.78 is 37.3. The third-order valence-corrected chi connectivity index (χ3v) is 2.79. The molecule has 0 radical (unpaired) electrons. The highest BCUT2D eigenvalue weighted by Gasteiger charge is 2.41. The molecule has 15 heavy (non-hydrogen) atoms. The molecule has 0 aromatic carbocycles. The number of nitrogens with one attached hydrogen (secondary N) is 1. The third-order valence-electron chi connectivity index (χ3n) is 2.79. The topological polar surface area (TPSA) is 12.0 Å². The smallest absolute Gasteiger partial charge is 0.303 e. The third kappa shape index (κ3) is 4.13. The Bertz CT molecular complexity index is 249. The van der Waals surface area contributed by atoms with E-state index in [1.165, 1.54) is 0 Å². The van der Waals surface area contributed by atoms with Gasteiger partial charge < -0.3 is 5.32 Å². The Kier molecular flexibility index (Phi) is 4.46. The van der Waals surface area contributed by atoms with Crippen LogP contribution in [0.3, 0.4) is 0 Å². The van der Waals surface area contributed by atoms with Crippen molar-refractivity contribution in [1.29, 1.82) is 0 Å². The van der Waals surface area contributed by atoms with Gasteiger partial charge in [0.05, 0.1) is 12.5 Å². The molecule has 86 valence electrons. The standard InChI is InChI=1S/C11H16F3N/c1-2-3-7-15-10-6-4-5-9(8-10)11(12,13)14/h9-10,15H,4-8H2,1H3. The number of rotatable bonds is 2. The van der Waals surface area contributed by atoms with Crippen molar-refractivity contribution in [3.63, 3.8) is 0 Å². The van der Waals surface area contributed by atoms with E-state index in [0.717, 1.165) is 6.42 Å². The summed E-state index contributed by atoms with van der Waals surface area (Å²) in [5, 5.41) is 3.05. The van der Waals surface area contributed by atoms with Gasteiger partial charge in [0.25, 0.3) is 0 Å². The van der Waals surface area contributed by atoms with Crippen LogP contribution in [-0.2, 0) is 0 Å². The lowest BCUT2D eigenvalue weighted by Gasteiger charge is -2.30. The van der Waals surface area contributed by atoms with E-state index in [9.17, 15) is 13.2 Å². The molecule has 1 aliphatic carbocycles. The monoisotopic (exact) mass is 219 g/mol. The second-order valence-corrected chi connectivity index (χ2v) is 3.91. The minimum absolute atomic E-state index is 0.0220. The second kappa shape index (κ2) is 5.41. The quantitative estimate of drug-likeness (QED) is 0.704. The molecule has 4 heteroatoms. The molecular formula is C11H16F3N. The Morgan fingerprint density at radius 1 is 1.33 bits per heavy atom. The van der Waals surface area contributed by atoms with Crippen molar-refractivity contribution in [3.8, 4) is 11.8 Å². The van der Waals surface area contributed by atoms with Crippen molar-refractivity contribution in [2.75, 3.05) is 6.54 Å². The molecule has 0 amide bonds. The van der Waals surface area contributed by atoms with Crippen molar-refractivity contribution in [2.24, 2.45) is 5.92 Å². The highest BCUT2D eigenvalue weighted by Crippen LogP contribution is 2.37. The van der Waals surface area contributed by atoms with E-state index >= 15 is 0 Å². The Labute approximate surface area is 88.4 Å². The minimum Gasteiger partial charge on any atom is -0.303 e. The fourth-order valence-electron chi connectivity index (χ4n) is 1.96. The van der Waals surface area contributed by atoms with Crippen LogP contribution >= 0.6 is 0 Å². The lowest BCUT2D eigenvalue weighted by atomic mass is 9.85. The van der Waals surface area contributed by atoms with Crippen molar-refractivity contribution < 1.29 is 13.2 Å². The van der Waals surface area contributed by atoms with Crippen LogP contribution in [0.4, 0.5) is 13.2 Å². The first-order valence-electron chi connectivity index (χ1n) is 5.23. The molecule has 0 aromatic heterocycles. The molecule has 0 spiro atoms. The van der Waals surface area contributed by atoms with Crippen LogP contribution in [0.25, 0.3) is 0 Å². The molecular weight excluding hydrogens is 203 g/mol. The summed E-state index contributed by atoms with van der Waals surface area (Å²) in [7, 11) is 0. The van der Waals surface area contributed by atoms with Crippen LogP contribution in [0.5, 0.6) is 0 Å². The lowest BCUT2D eigenvalue weighted by Crippen LogP contribution is -2.38. The molecule has 0 aromatic rings. The Morgan fingerprint density at radius 2 is 2.07 bits per heavy atom. The van der Waals surface area contributed by atoms with Crippen LogP contribution < -0.4 is 5.32 Å². The van der Waals surface area contributed by atoms with Gasteiger partial charge in [-0.25, -0.2) is 0 Å². The molecule has 1 fully saturated rings. The fourth-order valence-corrected chi connectivity index (χ4v) is 1.96. The maximum Gasteiger partial charge on any atom is 0.391 e. The minimum atomic E-state index is -4.03. The summed E-state index contributed by atoms with van der Waals surface area (Å²) >= 11 is 0. The lowest BCUT2D eigenvalue weighted by molar-refractivity contribution is -0.183. The number of hydrogen-bond acceptors (Lipinski definition) is 1. The molecule has 0 saturated heterocycles. The summed E-state index contributed by atoms with van der Waals surface area (Å²) in [6.07, 6.45) is -2.06. The number of hydrogen-bond donors (Lipinski definition) is 1. The van der Waals surface area contributed by atoms with Crippen molar-refractivity contribution in [2.45, 2.75) is 44.8 Å². The normalized spacial score (nSPS) is 26.9. The zero-order chi connectivity index (χ0) is 11.3. The van der Waals surface area contributed by atoms with Gasteiger partial charge in [-0.3, -0.25) is 0 Å². The van der Waals surface area contributed by atoms with E-state index < -0.39 is 12.1 Å². The van der Waals surface area contributed by atoms with E-state index in [1.807, 2.05) is 0 Å². The number of halogens is 3. The van der Waals surface area contributed by atoms with Gasteiger partial charge in [-0.1, -0.05) is 12.3 Å². The van der Waals surface area contributed by atoms with Gasteiger partial charge in [-0.15, -0.1) is 5.92 Å². The van der Waals surface area contributed by atoms with Crippen molar-refractivity contribution in [1.82, 2.24) is 5.32 Å². The van der Waals surface area contributed by atoms with E-state index in [-0.39, 0.29) is 18.9 Å². The summed E-state index contributed by atoms with van der Waals surface area (Å²) in [5.74, 6) is 4.39. The van der Waals surface area contributed by atoms with Crippen LogP contribution in [-0.4, -0.2) is 18.8 Å². The molecule has 0 aliphatic heterocycles. The zero-order valence-corrected chi connectivity index (χ0v) is 8.82. The molecule has 1 saturated carbocycles. The first-order chi connectivity index (χ1) is 7.04. The van der Waals surface area contributed by atoms with Gasteiger partial charge in [0.1, 0.15) is 0 Å². The Balaban J connectivity index is 2.38. The van der Waals surface area contributed by atoms with Gasteiger partial charge in [0.2, 0.25) is 0 Å². The van der Waals surface area contributed by atoms with Crippen molar-refractivity contribution >= 4 is 0 Å². The van der Waals surface area contributed by atoms with Gasteiger partial charge in [0.15, 0.2) is 0 Å². The fraction of sp³-hybridized carbons (Fsp3) is 0.818. The van der Waals surface area contributed by atoms with Crippen LogP contribution in [0, 0.1) is 17.8 Å². The zero-order valence-electron chi connectivity index (χ0n) is 8.82. The van der Waals surface area contributed by atoms with Gasteiger partial charge in [-0.2, -0.15) is 13.2 Å². The summed E-state index contributed by atoms with van der Waals surface area (Å²) in [4.78, 5) is 0. The van der Waals surface area contributed by atoms with Gasteiger partial charge in [0, 0.05) is 6.04 Å².